The van der Waals surface area contributed by atoms with Crippen LogP contribution in [-0.2, 0) is 9.53 Å². The maximum Gasteiger partial charge on any atom is 0.237 e. The van der Waals surface area contributed by atoms with Crippen LogP contribution in [-0.4, -0.2) is 43.4 Å². The van der Waals surface area contributed by atoms with Crippen molar-refractivity contribution in [3.8, 4) is 11.1 Å². The van der Waals surface area contributed by atoms with Crippen molar-refractivity contribution in [3.63, 3.8) is 0 Å². The van der Waals surface area contributed by atoms with Crippen LogP contribution in [0.3, 0.4) is 0 Å². The lowest BCUT2D eigenvalue weighted by atomic mass is 9.98. The van der Waals surface area contributed by atoms with Crippen LogP contribution in [0.2, 0.25) is 0 Å². The highest BCUT2D eigenvalue weighted by molar-refractivity contribution is 6.13. The molecule has 1 unspecified atom stereocenters. The number of nitrogens with zero attached hydrogens (tertiary/aromatic N) is 3. The molecule has 2 aliphatic rings. The van der Waals surface area contributed by atoms with Crippen molar-refractivity contribution in [2.75, 3.05) is 36.5 Å². The number of carbonyl (C=O) groups is 1. The van der Waals surface area contributed by atoms with E-state index in [-0.39, 0.29) is 5.91 Å². The number of aliphatic imine (C=N–C) groups is 1. The van der Waals surface area contributed by atoms with Crippen molar-refractivity contribution >= 4 is 29.3 Å². The van der Waals surface area contributed by atoms with Gasteiger partial charge in [-0.25, -0.2) is 4.98 Å². The van der Waals surface area contributed by atoms with Crippen LogP contribution in [0.1, 0.15) is 11.5 Å². The molecule has 1 amide bonds. The van der Waals surface area contributed by atoms with Crippen LogP contribution < -0.4 is 10.2 Å². The summed E-state index contributed by atoms with van der Waals surface area (Å²) in [7, 11) is 0. The minimum Gasteiger partial charge on any atom is -0.378 e. The molecule has 2 aliphatic heterocycles. The molecule has 30 heavy (non-hydrogen) atoms. The van der Waals surface area contributed by atoms with Gasteiger partial charge in [0.05, 0.1) is 25.1 Å². The molecule has 1 fully saturated rings. The highest BCUT2D eigenvalue weighted by Crippen LogP contribution is 2.35. The molecule has 1 N–H and O–H groups in total. The summed E-state index contributed by atoms with van der Waals surface area (Å²) in [5.41, 5.74) is 4.72. The number of carbonyl (C=O) groups excluding carboxylic acids is 1. The smallest absolute Gasteiger partial charge is 0.237 e. The van der Waals surface area contributed by atoms with Crippen LogP contribution >= 0.6 is 0 Å². The Morgan fingerprint density at radius 3 is 2.63 bits per heavy atom. The third-order valence-corrected chi connectivity index (χ3v) is 5.48. The summed E-state index contributed by atoms with van der Waals surface area (Å²) in [6.45, 7) is 3.15. The van der Waals surface area contributed by atoms with Gasteiger partial charge in [-0.3, -0.25) is 9.79 Å². The fourth-order valence-electron chi connectivity index (χ4n) is 3.84. The molecule has 3 aromatic rings. The summed E-state index contributed by atoms with van der Waals surface area (Å²) in [6, 6.07) is 20.1. The number of fused-ring (bicyclic) bond motifs is 1. The Balaban J connectivity index is 1.33. The molecule has 0 radical (unpaired) electrons. The number of aromatic nitrogens is 1. The first-order valence-corrected chi connectivity index (χ1v) is 10.1. The van der Waals surface area contributed by atoms with Crippen molar-refractivity contribution in [2.24, 2.45) is 4.99 Å². The van der Waals surface area contributed by atoms with Gasteiger partial charge in [0.15, 0.2) is 0 Å². The van der Waals surface area contributed by atoms with E-state index in [2.05, 4.69) is 32.3 Å². The predicted molar refractivity (Wildman–Crippen MR) is 119 cm³/mol. The zero-order valence-corrected chi connectivity index (χ0v) is 16.5. The second-order valence-electron chi connectivity index (χ2n) is 7.39. The first-order valence-electron chi connectivity index (χ1n) is 10.1. The van der Waals surface area contributed by atoms with E-state index in [1.54, 1.807) is 12.4 Å². The second kappa shape index (κ2) is 8.08. The summed E-state index contributed by atoms with van der Waals surface area (Å²) < 4.78 is 5.38. The average Bonchev–Trinajstić information content (AvgIpc) is 3.13. The van der Waals surface area contributed by atoms with E-state index in [0.29, 0.717) is 0 Å². The molecular weight excluding hydrogens is 376 g/mol. The van der Waals surface area contributed by atoms with Crippen LogP contribution in [0, 0.1) is 0 Å². The second-order valence-corrected chi connectivity index (χ2v) is 7.39. The van der Waals surface area contributed by atoms with Gasteiger partial charge in [0, 0.05) is 25.0 Å². The first kappa shape index (κ1) is 18.5. The van der Waals surface area contributed by atoms with Crippen molar-refractivity contribution in [3.05, 3.63) is 72.4 Å². The minimum atomic E-state index is -0.399. The van der Waals surface area contributed by atoms with E-state index < -0.39 is 5.92 Å². The summed E-state index contributed by atoms with van der Waals surface area (Å²) in [6.07, 6.45) is 3.45. The quantitative estimate of drug-likeness (QED) is 0.674. The Hall–Kier alpha value is -3.51. The molecule has 0 spiro atoms. The number of pyridine rings is 1. The van der Waals surface area contributed by atoms with Gasteiger partial charge >= 0.3 is 0 Å². The third kappa shape index (κ3) is 3.69. The summed E-state index contributed by atoms with van der Waals surface area (Å²) in [4.78, 5) is 23.7. The van der Waals surface area contributed by atoms with Gasteiger partial charge in [-0.1, -0.05) is 42.5 Å². The minimum absolute atomic E-state index is 0.0585. The molecular formula is C24H22N4O2. The number of hydrogen-bond acceptors (Lipinski definition) is 5. The number of hydrogen-bond donors (Lipinski definition) is 1. The van der Waals surface area contributed by atoms with Gasteiger partial charge < -0.3 is 15.0 Å². The van der Waals surface area contributed by atoms with Crippen molar-refractivity contribution in [1.82, 2.24) is 4.98 Å². The molecule has 6 heteroatoms. The van der Waals surface area contributed by atoms with E-state index in [1.807, 2.05) is 48.5 Å². The number of nitrogens with one attached hydrogen (secondary N) is 1. The molecule has 2 aromatic carbocycles. The van der Waals surface area contributed by atoms with Crippen molar-refractivity contribution in [1.29, 1.82) is 0 Å². The highest BCUT2D eigenvalue weighted by Gasteiger charge is 2.29. The van der Waals surface area contributed by atoms with Gasteiger partial charge in [-0.2, -0.15) is 0 Å². The SMILES string of the molecule is O=C1Nc2cc(-c3ccccc3)ccc2C1C=Nc1ccc(N2CCOCC2)nc1. The van der Waals surface area contributed by atoms with Gasteiger partial charge in [0.1, 0.15) is 11.7 Å². The molecule has 5 rings (SSSR count). The number of benzene rings is 2. The lowest BCUT2D eigenvalue weighted by molar-refractivity contribution is -0.115. The molecule has 1 saturated heterocycles. The van der Waals surface area contributed by atoms with Crippen LogP contribution in [0.15, 0.2) is 71.9 Å². The molecule has 1 atom stereocenters. The van der Waals surface area contributed by atoms with Gasteiger partial charge in [-0.05, 0) is 34.9 Å². The van der Waals surface area contributed by atoms with Crippen LogP contribution in [0.25, 0.3) is 11.1 Å². The Kier molecular flexibility index (Phi) is 4.99. The summed E-state index contributed by atoms with van der Waals surface area (Å²) in [5, 5.41) is 2.98. The number of anilines is 2. The molecule has 3 heterocycles. The molecule has 0 aliphatic carbocycles. The highest BCUT2D eigenvalue weighted by atomic mass is 16.5. The standard InChI is InChI=1S/C24H22N4O2/c29-24-21(16-25-19-7-9-23(26-15-19)28-10-12-30-13-11-28)20-8-6-18(14-22(20)27-24)17-4-2-1-3-5-17/h1-9,14-16,21H,10-13H2,(H,27,29). The van der Waals surface area contributed by atoms with Gasteiger partial charge in [0.2, 0.25) is 5.91 Å². The fourth-order valence-corrected chi connectivity index (χ4v) is 3.84. The predicted octanol–water partition coefficient (Wildman–Crippen LogP) is 4.02. The lowest BCUT2D eigenvalue weighted by Crippen LogP contribution is -2.36. The maximum absolute atomic E-state index is 12.5. The van der Waals surface area contributed by atoms with E-state index in [1.165, 1.54) is 0 Å². The van der Waals surface area contributed by atoms with Crippen molar-refractivity contribution < 1.29 is 9.53 Å². The Morgan fingerprint density at radius 2 is 1.87 bits per heavy atom. The summed E-state index contributed by atoms with van der Waals surface area (Å²) in [5.74, 6) is 0.468. The molecule has 150 valence electrons. The van der Waals surface area contributed by atoms with E-state index in [9.17, 15) is 4.79 Å². The topological polar surface area (TPSA) is 66.8 Å². The number of morpholine rings is 1. The molecule has 0 saturated carbocycles. The number of amides is 1. The Morgan fingerprint density at radius 1 is 1.03 bits per heavy atom. The largest absolute Gasteiger partial charge is 0.378 e. The Bertz CT molecular complexity index is 1070. The molecule has 6 nitrogen and oxygen atoms in total. The van der Waals surface area contributed by atoms with E-state index in [4.69, 9.17) is 4.74 Å². The Labute approximate surface area is 175 Å². The zero-order valence-electron chi connectivity index (χ0n) is 16.5. The van der Waals surface area contributed by atoms with E-state index in [0.717, 1.165) is 60.2 Å². The first-order chi connectivity index (χ1) is 14.8. The number of rotatable bonds is 4. The molecule has 0 bridgehead atoms. The normalized spacial score (nSPS) is 18.5. The van der Waals surface area contributed by atoms with Crippen LogP contribution in [0.5, 0.6) is 0 Å². The monoisotopic (exact) mass is 398 g/mol. The summed E-state index contributed by atoms with van der Waals surface area (Å²) >= 11 is 0. The lowest BCUT2D eigenvalue weighted by Gasteiger charge is -2.27. The average molecular weight is 398 g/mol. The molecule has 1 aromatic heterocycles. The maximum atomic E-state index is 12.5. The van der Waals surface area contributed by atoms with Gasteiger partial charge in [0.25, 0.3) is 0 Å². The van der Waals surface area contributed by atoms with Crippen LogP contribution in [0.4, 0.5) is 17.2 Å². The third-order valence-electron chi connectivity index (χ3n) is 5.48. The van der Waals surface area contributed by atoms with E-state index >= 15 is 0 Å². The zero-order chi connectivity index (χ0) is 20.3. The fraction of sp³-hybridized carbons (Fsp3) is 0.208. The van der Waals surface area contributed by atoms with Crippen molar-refractivity contribution in [2.45, 2.75) is 5.92 Å². The van der Waals surface area contributed by atoms with Gasteiger partial charge in [-0.15, -0.1) is 0 Å². The number of ether oxygens (including phenoxy) is 1.